The molecule has 3 aliphatic heterocycles. The summed E-state index contributed by atoms with van der Waals surface area (Å²) in [5.41, 5.74) is 0.348. The number of carbonyl (C=O) groups excluding carboxylic acids is 1. The van der Waals surface area contributed by atoms with Gasteiger partial charge in [-0.05, 0) is 43.2 Å². The number of nitrogens with zero attached hydrogens (tertiary/aromatic N) is 2. The van der Waals surface area contributed by atoms with Crippen LogP contribution in [-0.2, 0) is 19.5 Å². The van der Waals surface area contributed by atoms with Gasteiger partial charge in [0.2, 0.25) is 10.0 Å². The molecule has 1 aromatic carbocycles. The van der Waals surface area contributed by atoms with Gasteiger partial charge >= 0.3 is 0 Å². The van der Waals surface area contributed by atoms with Gasteiger partial charge in [0, 0.05) is 43.6 Å². The molecular formula is C20H27ClN2O5S2. The highest BCUT2D eigenvalue weighted by molar-refractivity contribution is 7.99. The molecule has 3 heterocycles. The van der Waals surface area contributed by atoms with Gasteiger partial charge < -0.3 is 14.4 Å². The quantitative estimate of drug-likeness (QED) is 0.630. The Bertz CT molecular complexity index is 864. The molecule has 0 aromatic heterocycles. The second-order valence-electron chi connectivity index (χ2n) is 7.77. The number of benzene rings is 1. The van der Waals surface area contributed by atoms with E-state index in [0.29, 0.717) is 25.3 Å². The molecule has 0 radical (unpaired) electrons. The van der Waals surface area contributed by atoms with Crippen LogP contribution in [0.5, 0.6) is 0 Å². The molecule has 4 rings (SSSR count). The van der Waals surface area contributed by atoms with E-state index in [4.69, 9.17) is 21.1 Å². The van der Waals surface area contributed by atoms with Crippen LogP contribution in [-0.4, -0.2) is 86.6 Å². The van der Waals surface area contributed by atoms with Crippen LogP contribution in [0.15, 0.2) is 23.1 Å². The number of hydrogen-bond donors (Lipinski definition) is 0. The first kappa shape index (κ1) is 22.4. The second-order valence-corrected chi connectivity index (χ2v) is 11.2. The molecule has 0 bridgehead atoms. The maximum absolute atomic E-state index is 13.5. The average molecular weight is 475 g/mol. The fraction of sp³-hybridized carbons (Fsp3) is 0.650. The van der Waals surface area contributed by atoms with Crippen LogP contribution < -0.4 is 0 Å². The summed E-state index contributed by atoms with van der Waals surface area (Å²) in [5, 5.41) is 0.125. The largest absolute Gasteiger partial charge is 0.379 e. The van der Waals surface area contributed by atoms with E-state index in [1.165, 1.54) is 16.4 Å². The molecule has 2 atom stereocenters. The maximum atomic E-state index is 13.5. The summed E-state index contributed by atoms with van der Waals surface area (Å²) in [6.07, 6.45) is 2.94. The van der Waals surface area contributed by atoms with Crippen LogP contribution in [0.4, 0.5) is 0 Å². The van der Waals surface area contributed by atoms with E-state index in [0.717, 1.165) is 37.4 Å². The maximum Gasteiger partial charge on any atom is 0.254 e. The first-order valence-corrected chi connectivity index (χ1v) is 13.3. The monoisotopic (exact) mass is 474 g/mol. The van der Waals surface area contributed by atoms with Crippen molar-refractivity contribution in [3.63, 3.8) is 0 Å². The fourth-order valence-electron chi connectivity index (χ4n) is 4.10. The van der Waals surface area contributed by atoms with Gasteiger partial charge in [-0.2, -0.15) is 16.1 Å². The first-order chi connectivity index (χ1) is 14.5. The molecule has 3 saturated heterocycles. The number of sulfonamides is 1. The number of carbonyl (C=O) groups is 1. The minimum atomic E-state index is -3.79. The zero-order valence-corrected chi connectivity index (χ0v) is 19.2. The van der Waals surface area contributed by atoms with Crippen LogP contribution in [0.25, 0.3) is 0 Å². The fourth-order valence-corrected chi connectivity index (χ4v) is 7.23. The lowest BCUT2D eigenvalue weighted by Gasteiger charge is -2.31. The Kier molecular flexibility index (Phi) is 7.27. The Labute approximate surface area is 187 Å². The minimum Gasteiger partial charge on any atom is -0.379 e. The Morgan fingerprint density at radius 1 is 1.23 bits per heavy atom. The van der Waals surface area contributed by atoms with Crippen molar-refractivity contribution in [2.24, 2.45) is 0 Å². The highest BCUT2D eigenvalue weighted by Gasteiger charge is 2.33. The normalized spacial score (nSPS) is 25.5. The second kappa shape index (κ2) is 9.75. The van der Waals surface area contributed by atoms with Gasteiger partial charge in [-0.3, -0.25) is 4.79 Å². The number of amides is 1. The van der Waals surface area contributed by atoms with Gasteiger partial charge in [-0.25, -0.2) is 8.42 Å². The van der Waals surface area contributed by atoms with E-state index in [1.54, 1.807) is 6.07 Å². The summed E-state index contributed by atoms with van der Waals surface area (Å²) >= 11 is 8.10. The molecule has 166 valence electrons. The Balaban J connectivity index is 1.61. The smallest absolute Gasteiger partial charge is 0.254 e. The highest BCUT2D eigenvalue weighted by Crippen LogP contribution is 2.29. The number of halogens is 1. The Morgan fingerprint density at radius 2 is 2.03 bits per heavy atom. The number of rotatable bonds is 6. The predicted octanol–water partition coefficient (Wildman–Crippen LogP) is 2.49. The lowest BCUT2D eigenvalue weighted by atomic mass is 10.1. The van der Waals surface area contributed by atoms with E-state index >= 15 is 0 Å². The topological polar surface area (TPSA) is 76.2 Å². The molecule has 0 aliphatic carbocycles. The lowest BCUT2D eigenvalue weighted by Crippen LogP contribution is -2.45. The van der Waals surface area contributed by atoms with Crippen molar-refractivity contribution in [1.29, 1.82) is 0 Å². The van der Waals surface area contributed by atoms with Gasteiger partial charge in [-0.1, -0.05) is 11.6 Å². The van der Waals surface area contributed by atoms with Crippen LogP contribution >= 0.6 is 23.4 Å². The zero-order valence-electron chi connectivity index (χ0n) is 16.8. The number of thioether (sulfide) groups is 1. The SMILES string of the molecule is O=C(c1ccc(Cl)c(S(=O)(=O)N2CCOCC2)c1)N(CC1CCCO1)C1CCSC1. The zero-order chi connectivity index (χ0) is 21.1. The van der Waals surface area contributed by atoms with Crippen LogP contribution in [0, 0.1) is 0 Å². The standard InChI is InChI=1S/C20H27ClN2O5S2/c21-18-4-3-15(12-19(18)30(25,26)22-6-9-27-10-7-22)20(24)23(16-5-11-29-14-16)13-17-2-1-8-28-17/h3-4,12,16-17H,1-2,5-11,13-14H2. The molecule has 0 saturated carbocycles. The van der Waals surface area contributed by atoms with E-state index in [9.17, 15) is 13.2 Å². The van der Waals surface area contributed by atoms with E-state index in [2.05, 4.69) is 0 Å². The average Bonchev–Trinajstić information content (AvgIpc) is 3.46. The van der Waals surface area contributed by atoms with Crippen molar-refractivity contribution < 1.29 is 22.7 Å². The molecule has 30 heavy (non-hydrogen) atoms. The summed E-state index contributed by atoms with van der Waals surface area (Å²) in [6, 6.07) is 4.70. The van der Waals surface area contributed by atoms with Crippen molar-refractivity contribution in [2.75, 3.05) is 51.0 Å². The third-order valence-corrected chi connectivity index (χ3v) is 9.32. The molecular weight excluding hydrogens is 448 g/mol. The van der Waals surface area contributed by atoms with Gasteiger partial charge in [0.25, 0.3) is 5.91 Å². The van der Waals surface area contributed by atoms with Crippen LogP contribution in [0.1, 0.15) is 29.6 Å². The van der Waals surface area contributed by atoms with Gasteiger partial charge in [0.05, 0.1) is 24.3 Å². The third-order valence-electron chi connectivity index (χ3n) is 5.80. The van der Waals surface area contributed by atoms with E-state index in [1.807, 2.05) is 16.7 Å². The third kappa shape index (κ3) is 4.81. The molecule has 3 aliphatic rings. The molecule has 2 unspecified atom stereocenters. The predicted molar refractivity (Wildman–Crippen MR) is 117 cm³/mol. The van der Waals surface area contributed by atoms with Crippen LogP contribution in [0.3, 0.4) is 0 Å². The molecule has 1 aromatic rings. The minimum absolute atomic E-state index is 0.0187. The van der Waals surface area contributed by atoms with Crippen molar-refractivity contribution in [2.45, 2.75) is 36.3 Å². The summed E-state index contributed by atoms with van der Waals surface area (Å²) in [7, 11) is -3.79. The molecule has 3 fully saturated rings. The lowest BCUT2D eigenvalue weighted by molar-refractivity contribution is 0.0441. The van der Waals surface area contributed by atoms with E-state index in [-0.39, 0.29) is 41.1 Å². The number of hydrogen-bond acceptors (Lipinski definition) is 6. The summed E-state index contributed by atoms with van der Waals surface area (Å²) in [4.78, 5) is 15.3. The molecule has 10 heteroatoms. The van der Waals surface area contributed by atoms with Crippen molar-refractivity contribution in [3.05, 3.63) is 28.8 Å². The van der Waals surface area contributed by atoms with Crippen molar-refractivity contribution >= 4 is 39.3 Å². The molecule has 0 N–H and O–H groups in total. The van der Waals surface area contributed by atoms with Crippen LogP contribution in [0.2, 0.25) is 5.02 Å². The first-order valence-electron chi connectivity index (χ1n) is 10.3. The molecule has 7 nitrogen and oxygen atoms in total. The number of morpholine rings is 1. The number of ether oxygens (including phenoxy) is 2. The van der Waals surface area contributed by atoms with E-state index < -0.39 is 10.0 Å². The summed E-state index contributed by atoms with van der Waals surface area (Å²) < 4.78 is 38.6. The summed E-state index contributed by atoms with van der Waals surface area (Å²) in [5.74, 6) is 1.76. The summed E-state index contributed by atoms with van der Waals surface area (Å²) in [6.45, 7) is 2.53. The molecule has 1 amide bonds. The molecule has 0 spiro atoms. The van der Waals surface area contributed by atoms with Crippen molar-refractivity contribution in [1.82, 2.24) is 9.21 Å². The van der Waals surface area contributed by atoms with Gasteiger partial charge in [-0.15, -0.1) is 0 Å². The van der Waals surface area contributed by atoms with Crippen molar-refractivity contribution in [3.8, 4) is 0 Å². The Hall–Kier alpha value is -0.840. The van der Waals surface area contributed by atoms with Gasteiger partial charge in [0.15, 0.2) is 0 Å². The Morgan fingerprint density at radius 3 is 2.70 bits per heavy atom. The highest BCUT2D eigenvalue weighted by atomic mass is 35.5. The van der Waals surface area contributed by atoms with Gasteiger partial charge in [0.1, 0.15) is 4.90 Å².